The Hall–Kier alpha value is -1.23. The third-order valence-electron chi connectivity index (χ3n) is 2.67. The predicted octanol–water partition coefficient (Wildman–Crippen LogP) is 3.92. The van der Waals surface area contributed by atoms with Crippen molar-refractivity contribution in [3.63, 3.8) is 0 Å². The van der Waals surface area contributed by atoms with Crippen LogP contribution in [0.4, 0.5) is 13.2 Å². The number of aryl methyl sites for hydroxylation is 1. The molecule has 5 heteroatoms. The van der Waals surface area contributed by atoms with Crippen molar-refractivity contribution in [3.05, 3.63) is 29.8 Å². The Balaban J connectivity index is 2.44. The summed E-state index contributed by atoms with van der Waals surface area (Å²) in [5.41, 5.74) is 0.886. The summed E-state index contributed by atoms with van der Waals surface area (Å²) in [5.74, 6) is 0.205. The van der Waals surface area contributed by atoms with Crippen LogP contribution < -0.4 is 4.74 Å². The van der Waals surface area contributed by atoms with Crippen LogP contribution in [-0.4, -0.2) is 17.6 Å². The van der Waals surface area contributed by atoms with Gasteiger partial charge in [-0.15, -0.1) is 13.2 Å². The van der Waals surface area contributed by atoms with Crippen LogP contribution in [0, 0.1) is 5.92 Å². The molecule has 0 saturated heterocycles. The van der Waals surface area contributed by atoms with E-state index >= 15 is 0 Å². The maximum atomic E-state index is 12.0. The number of halogens is 3. The molecule has 0 aliphatic carbocycles. The lowest BCUT2D eigenvalue weighted by Crippen LogP contribution is -2.17. The molecule has 1 atom stereocenters. The van der Waals surface area contributed by atoms with E-state index in [0.29, 0.717) is 18.8 Å². The van der Waals surface area contributed by atoms with Crippen molar-refractivity contribution in [1.29, 1.82) is 0 Å². The Morgan fingerprint density at radius 3 is 2.21 bits per heavy atom. The Kier molecular flexibility index (Phi) is 5.66. The molecule has 2 nitrogen and oxygen atoms in total. The Morgan fingerprint density at radius 1 is 1.16 bits per heavy atom. The van der Waals surface area contributed by atoms with Crippen molar-refractivity contribution in [1.82, 2.24) is 0 Å². The van der Waals surface area contributed by atoms with Gasteiger partial charge in [0.2, 0.25) is 0 Å². The van der Waals surface area contributed by atoms with E-state index in [1.165, 1.54) is 12.1 Å². The molecule has 0 bridgehead atoms. The van der Waals surface area contributed by atoms with Crippen LogP contribution in [0.1, 0.15) is 32.3 Å². The average Bonchev–Trinajstić information content (AvgIpc) is 2.25. The molecule has 0 heterocycles. The number of hydrogen-bond acceptors (Lipinski definition) is 2. The highest BCUT2D eigenvalue weighted by molar-refractivity contribution is 5.27. The zero-order valence-electron chi connectivity index (χ0n) is 11.1. The lowest BCUT2D eigenvalue weighted by Gasteiger charge is -2.13. The molecule has 0 aliphatic heterocycles. The molecule has 19 heavy (non-hydrogen) atoms. The summed E-state index contributed by atoms with van der Waals surface area (Å²) in [6, 6.07) is 5.75. The van der Waals surface area contributed by atoms with E-state index in [4.69, 9.17) is 0 Å². The SMILES string of the molecule is CC(C)CC(O)CCc1ccc(OC(F)(F)F)cc1. The van der Waals surface area contributed by atoms with E-state index in [2.05, 4.69) is 4.74 Å². The van der Waals surface area contributed by atoms with Gasteiger partial charge in [-0.1, -0.05) is 26.0 Å². The van der Waals surface area contributed by atoms with Crippen molar-refractivity contribution in [2.24, 2.45) is 5.92 Å². The van der Waals surface area contributed by atoms with E-state index in [-0.39, 0.29) is 11.9 Å². The molecular formula is C14H19F3O2. The Labute approximate surface area is 111 Å². The summed E-state index contributed by atoms with van der Waals surface area (Å²) >= 11 is 0. The molecule has 0 aromatic heterocycles. The van der Waals surface area contributed by atoms with Gasteiger partial charge >= 0.3 is 6.36 Å². The molecule has 1 aromatic carbocycles. The normalized spacial score (nSPS) is 13.6. The number of rotatable bonds is 6. The van der Waals surface area contributed by atoms with Gasteiger partial charge in [-0.05, 0) is 42.9 Å². The molecule has 0 spiro atoms. The topological polar surface area (TPSA) is 29.5 Å². The number of benzene rings is 1. The smallest absolute Gasteiger partial charge is 0.406 e. The van der Waals surface area contributed by atoms with E-state index < -0.39 is 6.36 Å². The van der Waals surface area contributed by atoms with Gasteiger partial charge in [-0.25, -0.2) is 0 Å². The van der Waals surface area contributed by atoms with Gasteiger partial charge in [0, 0.05) is 0 Å². The fourth-order valence-electron chi connectivity index (χ4n) is 1.85. The number of ether oxygens (including phenoxy) is 1. The maximum Gasteiger partial charge on any atom is 0.573 e. The summed E-state index contributed by atoms with van der Waals surface area (Å²) in [6.07, 6.45) is -3.05. The first-order valence-electron chi connectivity index (χ1n) is 6.29. The fourth-order valence-corrected chi connectivity index (χ4v) is 1.85. The third kappa shape index (κ3) is 7.06. The molecule has 1 rings (SSSR count). The monoisotopic (exact) mass is 276 g/mol. The van der Waals surface area contributed by atoms with Crippen LogP contribution in [0.15, 0.2) is 24.3 Å². The molecule has 0 radical (unpaired) electrons. The van der Waals surface area contributed by atoms with E-state index in [9.17, 15) is 18.3 Å². The second-order valence-electron chi connectivity index (χ2n) is 5.01. The predicted molar refractivity (Wildman–Crippen MR) is 66.9 cm³/mol. The number of hydrogen-bond donors (Lipinski definition) is 1. The van der Waals surface area contributed by atoms with Crippen molar-refractivity contribution in [2.75, 3.05) is 0 Å². The van der Waals surface area contributed by atoms with Gasteiger partial charge in [0.05, 0.1) is 6.10 Å². The quantitative estimate of drug-likeness (QED) is 0.853. The number of alkyl halides is 3. The minimum absolute atomic E-state index is 0.223. The van der Waals surface area contributed by atoms with Crippen LogP contribution in [0.2, 0.25) is 0 Å². The number of aliphatic hydroxyl groups excluding tert-OH is 1. The molecule has 1 aromatic rings. The zero-order chi connectivity index (χ0) is 14.5. The zero-order valence-corrected chi connectivity index (χ0v) is 11.1. The van der Waals surface area contributed by atoms with Gasteiger partial charge < -0.3 is 9.84 Å². The second kappa shape index (κ2) is 6.80. The highest BCUT2D eigenvalue weighted by atomic mass is 19.4. The maximum absolute atomic E-state index is 12.0. The minimum Gasteiger partial charge on any atom is -0.406 e. The summed E-state index contributed by atoms with van der Waals surface area (Å²) in [7, 11) is 0. The molecular weight excluding hydrogens is 257 g/mol. The molecule has 0 saturated carbocycles. The first-order chi connectivity index (χ1) is 8.76. The summed E-state index contributed by atoms with van der Waals surface area (Å²) < 4.78 is 39.7. The summed E-state index contributed by atoms with van der Waals surface area (Å²) in [6.45, 7) is 4.07. The van der Waals surface area contributed by atoms with Gasteiger partial charge in [0.1, 0.15) is 5.75 Å². The first-order valence-corrected chi connectivity index (χ1v) is 6.29. The second-order valence-corrected chi connectivity index (χ2v) is 5.01. The lowest BCUT2D eigenvalue weighted by molar-refractivity contribution is -0.274. The van der Waals surface area contributed by atoms with E-state index in [1.807, 2.05) is 13.8 Å². The van der Waals surface area contributed by atoms with Crippen LogP contribution in [0.3, 0.4) is 0 Å². The first kappa shape index (κ1) is 15.8. The largest absolute Gasteiger partial charge is 0.573 e. The van der Waals surface area contributed by atoms with Crippen LogP contribution in [0.25, 0.3) is 0 Å². The van der Waals surface area contributed by atoms with Crippen molar-refractivity contribution < 1.29 is 23.0 Å². The van der Waals surface area contributed by atoms with E-state index in [1.54, 1.807) is 12.1 Å². The molecule has 108 valence electrons. The standard InChI is InChI=1S/C14H19F3O2/c1-10(2)9-12(18)6-3-11-4-7-13(8-5-11)19-14(15,16)17/h4-5,7-8,10,12,18H,3,6,9H2,1-2H3. The summed E-state index contributed by atoms with van der Waals surface area (Å²) in [4.78, 5) is 0. The van der Waals surface area contributed by atoms with Crippen LogP contribution >= 0.6 is 0 Å². The Bertz CT molecular complexity index is 371. The average molecular weight is 276 g/mol. The highest BCUT2D eigenvalue weighted by Gasteiger charge is 2.30. The highest BCUT2D eigenvalue weighted by Crippen LogP contribution is 2.23. The molecule has 0 amide bonds. The third-order valence-corrected chi connectivity index (χ3v) is 2.67. The fraction of sp³-hybridized carbons (Fsp3) is 0.571. The van der Waals surface area contributed by atoms with Crippen LogP contribution in [-0.2, 0) is 6.42 Å². The lowest BCUT2D eigenvalue weighted by atomic mass is 10.00. The van der Waals surface area contributed by atoms with Gasteiger partial charge in [-0.2, -0.15) is 0 Å². The van der Waals surface area contributed by atoms with Crippen molar-refractivity contribution >= 4 is 0 Å². The molecule has 0 fully saturated rings. The molecule has 1 unspecified atom stereocenters. The summed E-state index contributed by atoms with van der Waals surface area (Å²) in [5, 5.41) is 9.71. The Morgan fingerprint density at radius 2 is 1.74 bits per heavy atom. The van der Waals surface area contributed by atoms with Crippen molar-refractivity contribution in [3.8, 4) is 5.75 Å². The van der Waals surface area contributed by atoms with Gasteiger partial charge in [0.15, 0.2) is 0 Å². The molecule has 0 aliphatic rings. The van der Waals surface area contributed by atoms with E-state index in [0.717, 1.165) is 12.0 Å². The van der Waals surface area contributed by atoms with Crippen LogP contribution in [0.5, 0.6) is 5.75 Å². The molecule has 1 N–H and O–H groups in total. The van der Waals surface area contributed by atoms with Crippen molar-refractivity contribution in [2.45, 2.75) is 45.6 Å². The number of aliphatic hydroxyl groups is 1. The van der Waals surface area contributed by atoms with Gasteiger partial charge in [0.25, 0.3) is 0 Å². The minimum atomic E-state index is -4.66. The van der Waals surface area contributed by atoms with Gasteiger partial charge in [-0.3, -0.25) is 0 Å².